The van der Waals surface area contributed by atoms with Gasteiger partial charge in [0, 0.05) is 19.5 Å². The summed E-state index contributed by atoms with van der Waals surface area (Å²) in [7, 11) is 0. The quantitative estimate of drug-likeness (QED) is 0.883. The van der Waals surface area contributed by atoms with Crippen molar-refractivity contribution in [2.75, 3.05) is 6.54 Å². The van der Waals surface area contributed by atoms with Crippen LogP contribution in [0.4, 0.5) is 13.2 Å². The molecule has 1 fully saturated rings. The fourth-order valence-electron chi connectivity index (χ4n) is 2.93. The lowest BCUT2D eigenvalue weighted by molar-refractivity contribution is -0.139. The average Bonchev–Trinajstić information content (AvgIpc) is 3.13. The Bertz CT molecular complexity index is 835. The number of halogens is 3. The molecule has 1 N–H and O–H groups in total. The first-order valence-electron chi connectivity index (χ1n) is 7.89. The molecule has 1 saturated heterocycles. The molecule has 0 spiro atoms. The van der Waals surface area contributed by atoms with Gasteiger partial charge in [-0.2, -0.15) is 13.2 Å². The average molecular weight is 383 g/mol. The van der Waals surface area contributed by atoms with Crippen LogP contribution in [0, 0.1) is 6.92 Å². The number of rotatable bonds is 4. The molecule has 1 aromatic carbocycles. The Morgan fingerprint density at radius 2 is 2.12 bits per heavy atom. The number of thiazole rings is 1. The summed E-state index contributed by atoms with van der Waals surface area (Å²) in [6.45, 7) is 1.75. The van der Waals surface area contributed by atoms with Gasteiger partial charge >= 0.3 is 6.18 Å². The van der Waals surface area contributed by atoms with Gasteiger partial charge < -0.3 is 10.2 Å². The highest BCUT2D eigenvalue weighted by Gasteiger charge is 2.36. The number of amides is 2. The van der Waals surface area contributed by atoms with Crippen LogP contribution in [0.25, 0.3) is 0 Å². The number of benzene rings is 1. The molecule has 3 rings (SSSR count). The molecule has 2 heterocycles. The third kappa shape index (κ3) is 3.87. The lowest BCUT2D eigenvalue weighted by atomic mass is 10.1. The Hall–Kier alpha value is -2.42. The summed E-state index contributed by atoms with van der Waals surface area (Å²) in [5.41, 5.74) is 1.46. The van der Waals surface area contributed by atoms with E-state index in [0.29, 0.717) is 10.6 Å². The highest BCUT2D eigenvalue weighted by Crippen LogP contribution is 2.33. The molecule has 1 aromatic heterocycles. The molecule has 9 heteroatoms. The summed E-state index contributed by atoms with van der Waals surface area (Å²) >= 11 is 1.20. The second-order valence-corrected chi connectivity index (χ2v) is 6.93. The van der Waals surface area contributed by atoms with Gasteiger partial charge in [0.05, 0.1) is 22.8 Å². The van der Waals surface area contributed by atoms with Crippen molar-refractivity contribution in [1.82, 2.24) is 15.2 Å². The van der Waals surface area contributed by atoms with Crippen molar-refractivity contribution in [3.63, 3.8) is 0 Å². The normalized spacial score (nSPS) is 17.6. The van der Waals surface area contributed by atoms with Gasteiger partial charge in [0.1, 0.15) is 4.88 Å². The topological polar surface area (TPSA) is 62.3 Å². The number of hydrogen-bond acceptors (Lipinski definition) is 4. The van der Waals surface area contributed by atoms with Crippen LogP contribution in [-0.2, 0) is 17.5 Å². The van der Waals surface area contributed by atoms with Crippen molar-refractivity contribution < 1.29 is 22.8 Å². The minimum atomic E-state index is -4.48. The van der Waals surface area contributed by atoms with Gasteiger partial charge in [-0.05, 0) is 18.6 Å². The molecule has 0 aliphatic carbocycles. The monoisotopic (exact) mass is 383 g/mol. The summed E-state index contributed by atoms with van der Waals surface area (Å²) in [5.74, 6) is -0.603. The maximum Gasteiger partial charge on any atom is 0.416 e. The molecule has 0 radical (unpaired) electrons. The second kappa shape index (κ2) is 7.06. The van der Waals surface area contributed by atoms with Crippen molar-refractivity contribution in [2.24, 2.45) is 0 Å². The summed E-state index contributed by atoms with van der Waals surface area (Å²) in [6, 6.07) is 4.76. The van der Waals surface area contributed by atoms with E-state index in [1.54, 1.807) is 12.4 Å². The third-order valence-corrected chi connectivity index (χ3v) is 5.11. The van der Waals surface area contributed by atoms with E-state index in [2.05, 4.69) is 10.3 Å². The van der Waals surface area contributed by atoms with Gasteiger partial charge in [-0.25, -0.2) is 4.98 Å². The van der Waals surface area contributed by atoms with Gasteiger partial charge in [-0.15, -0.1) is 11.3 Å². The number of hydrogen-bond donors (Lipinski definition) is 1. The molecular weight excluding hydrogens is 367 g/mol. The first kappa shape index (κ1) is 18.4. The lowest BCUT2D eigenvalue weighted by Crippen LogP contribution is -2.37. The summed E-state index contributed by atoms with van der Waals surface area (Å²) in [4.78, 5) is 30.2. The van der Waals surface area contributed by atoms with Crippen molar-refractivity contribution in [2.45, 2.75) is 32.1 Å². The van der Waals surface area contributed by atoms with Crippen LogP contribution in [0.3, 0.4) is 0 Å². The minimum absolute atomic E-state index is 0.0404. The van der Waals surface area contributed by atoms with Crippen LogP contribution < -0.4 is 5.32 Å². The molecule has 1 unspecified atom stereocenters. The number of aromatic nitrogens is 1. The zero-order chi connectivity index (χ0) is 18.9. The zero-order valence-electron chi connectivity index (χ0n) is 13.8. The Morgan fingerprint density at radius 3 is 2.77 bits per heavy atom. The summed E-state index contributed by atoms with van der Waals surface area (Å²) < 4.78 is 39.3. The van der Waals surface area contributed by atoms with Crippen molar-refractivity contribution in [1.29, 1.82) is 0 Å². The Balaban J connectivity index is 1.68. The van der Waals surface area contributed by atoms with Crippen LogP contribution in [0.2, 0.25) is 0 Å². The Kier molecular flexibility index (Phi) is 4.99. The van der Waals surface area contributed by atoms with E-state index in [0.717, 1.165) is 6.07 Å². The molecular formula is C17H16F3N3O2S. The van der Waals surface area contributed by atoms with E-state index in [-0.39, 0.29) is 36.9 Å². The number of aryl methyl sites for hydroxylation is 1. The molecule has 0 saturated carbocycles. The first-order chi connectivity index (χ1) is 12.3. The van der Waals surface area contributed by atoms with E-state index < -0.39 is 17.8 Å². The lowest BCUT2D eigenvalue weighted by Gasteiger charge is -2.20. The molecule has 1 atom stereocenters. The highest BCUT2D eigenvalue weighted by atomic mass is 32.1. The predicted octanol–water partition coefficient (Wildman–Crippen LogP) is 3.00. The smallest absolute Gasteiger partial charge is 0.346 e. The molecule has 2 amide bonds. The van der Waals surface area contributed by atoms with E-state index >= 15 is 0 Å². The Morgan fingerprint density at radius 1 is 1.38 bits per heavy atom. The molecule has 1 aliphatic heterocycles. The van der Waals surface area contributed by atoms with E-state index in [1.807, 2.05) is 0 Å². The largest absolute Gasteiger partial charge is 0.416 e. The van der Waals surface area contributed by atoms with E-state index in [1.165, 1.54) is 34.4 Å². The van der Waals surface area contributed by atoms with Crippen LogP contribution in [0.15, 0.2) is 29.8 Å². The van der Waals surface area contributed by atoms with Crippen molar-refractivity contribution in [3.05, 3.63) is 51.5 Å². The molecule has 5 nitrogen and oxygen atoms in total. The molecule has 138 valence electrons. The number of nitrogens with zero attached hydrogens (tertiary/aromatic N) is 2. The summed E-state index contributed by atoms with van der Waals surface area (Å²) in [5, 5.41) is 2.76. The maximum absolute atomic E-state index is 13.1. The van der Waals surface area contributed by atoms with Gasteiger partial charge in [-0.1, -0.05) is 18.2 Å². The van der Waals surface area contributed by atoms with Crippen LogP contribution in [0.1, 0.15) is 32.9 Å². The number of carbonyl (C=O) groups excluding carboxylic acids is 2. The van der Waals surface area contributed by atoms with Crippen LogP contribution in [-0.4, -0.2) is 34.3 Å². The van der Waals surface area contributed by atoms with Crippen molar-refractivity contribution in [3.8, 4) is 0 Å². The minimum Gasteiger partial charge on any atom is -0.346 e. The fraction of sp³-hybridized carbons (Fsp3) is 0.353. The number of nitrogens with one attached hydrogen (secondary N) is 1. The van der Waals surface area contributed by atoms with E-state index in [9.17, 15) is 22.8 Å². The molecule has 1 aliphatic rings. The van der Waals surface area contributed by atoms with Gasteiger partial charge in [0.15, 0.2) is 0 Å². The third-order valence-electron chi connectivity index (χ3n) is 4.19. The number of likely N-dealkylation sites (tertiary alicyclic amines) is 1. The number of alkyl halides is 3. The fourth-order valence-corrected chi connectivity index (χ4v) is 3.64. The Labute approximate surface area is 151 Å². The SMILES string of the molecule is Cc1ncsc1C(=O)NC1CC(=O)N(Cc2ccccc2C(F)(F)F)C1. The van der Waals surface area contributed by atoms with Crippen LogP contribution in [0.5, 0.6) is 0 Å². The molecule has 0 bridgehead atoms. The van der Waals surface area contributed by atoms with Gasteiger partial charge in [0.25, 0.3) is 5.91 Å². The molecule has 2 aromatic rings. The van der Waals surface area contributed by atoms with Crippen LogP contribution >= 0.6 is 11.3 Å². The van der Waals surface area contributed by atoms with Crippen molar-refractivity contribution >= 4 is 23.2 Å². The standard InChI is InChI=1S/C17H16F3N3O2S/c1-10-15(26-9-21-10)16(25)22-12-6-14(24)23(8-12)7-11-4-2-3-5-13(11)17(18,19)20/h2-5,9,12H,6-8H2,1H3,(H,22,25). The zero-order valence-corrected chi connectivity index (χ0v) is 14.7. The summed E-state index contributed by atoms with van der Waals surface area (Å²) in [6.07, 6.45) is -4.41. The van der Waals surface area contributed by atoms with E-state index in [4.69, 9.17) is 0 Å². The highest BCUT2D eigenvalue weighted by molar-refractivity contribution is 7.11. The van der Waals surface area contributed by atoms with Gasteiger partial charge in [-0.3, -0.25) is 9.59 Å². The maximum atomic E-state index is 13.1. The molecule has 26 heavy (non-hydrogen) atoms. The number of carbonyl (C=O) groups is 2. The predicted molar refractivity (Wildman–Crippen MR) is 89.6 cm³/mol. The first-order valence-corrected chi connectivity index (χ1v) is 8.77. The second-order valence-electron chi connectivity index (χ2n) is 6.07. The van der Waals surface area contributed by atoms with Gasteiger partial charge in [0.2, 0.25) is 5.91 Å².